The van der Waals surface area contributed by atoms with E-state index >= 15 is 0 Å². The number of carbonyl (C=O) groups is 1. The molecule has 1 heterocycles. The lowest BCUT2D eigenvalue weighted by Gasteiger charge is -2.09. The normalized spacial score (nSPS) is 10.2. The van der Waals surface area contributed by atoms with Crippen molar-refractivity contribution in [1.82, 2.24) is 15.3 Å². The predicted molar refractivity (Wildman–Crippen MR) is 101 cm³/mol. The highest BCUT2D eigenvalue weighted by molar-refractivity contribution is 5.95. The van der Waals surface area contributed by atoms with Crippen LogP contribution in [-0.4, -0.2) is 29.5 Å². The van der Waals surface area contributed by atoms with Crippen molar-refractivity contribution in [2.24, 2.45) is 0 Å². The molecule has 3 rings (SSSR count). The molecule has 6 nitrogen and oxygen atoms in total. The second-order valence-electron chi connectivity index (χ2n) is 5.65. The predicted octanol–water partition coefficient (Wildman–Crippen LogP) is 3.20. The molecule has 0 saturated heterocycles. The Morgan fingerprint density at radius 2 is 1.96 bits per heavy atom. The number of anilines is 2. The van der Waals surface area contributed by atoms with Crippen molar-refractivity contribution in [3.63, 3.8) is 0 Å². The molecule has 0 radical (unpaired) electrons. The van der Waals surface area contributed by atoms with Crippen molar-refractivity contribution in [2.45, 2.75) is 6.42 Å². The molecule has 0 fully saturated rings. The summed E-state index contributed by atoms with van der Waals surface area (Å²) < 4.78 is 5.14. The fourth-order valence-corrected chi connectivity index (χ4v) is 2.46. The van der Waals surface area contributed by atoms with Crippen LogP contribution < -0.4 is 15.4 Å². The van der Waals surface area contributed by atoms with E-state index in [0.29, 0.717) is 17.9 Å². The van der Waals surface area contributed by atoms with Gasteiger partial charge in [0.2, 0.25) is 0 Å². The summed E-state index contributed by atoms with van der Waals surface area (Å²) in [5.74, 6) is 1.34. The van der Waals surface area contributed by atoms with E-state index in [1.165, 1.54) is 0 Å². The van der Waals surface area contributed by atoms with Crippen LogP contribution in [0.5, 0.6) is 5.75 Å². The van der Waals surface area contributed by atoms with Gasteiger partial charge in [-0.05, 0) is 42.3 Å². The van der Waals surface area contributed by atoms with Gasteiger partial charge >= 0.3 is 0 Å². The maximum absolute atomic E-state index is 12.4. The molecule has 0 aliphatic heterocycles. The quantitative estimate of drug-likeness (QED) is 0.686. The molecule has 132 valence electrons. The van der Waals surface area contributed by atoms with Crippen molar-refractivity contribution in [2.75, 3.05) is 19.0 Å². The van der Waals surface area contributed by atoms with Crippen molar-refractivity contribution in [1.29, 1.82) is 0 Å². The topological polar surface area (TPSA) is 76.1 Å². The zero-order chi connectivity index (χ0) is 18.2. The van der Waals surface area contributed by atoms with Crippen LogP contribution in [0.3, 0.4) is 0 Å². The molecule has 0 bridgehead atoms. The molecule has 0 unspecified atom stereocenters. The average molecular weight is 348 g/mol. The second-order valence-corrected chi connectivity index (χ2v) is 5.65. The highest BCUT2D eigenvalue weighted by Crippen LogP contribution is 2.15. The van der Waals surface area contributed by atoms with Gasteiger partial charge in [-0.2, -0.15) is 0 Å². The maximum Gasteiger partial charge on any atom is 0.251 e. The molecule has 3 aromatic rings. The lowest BCUT2D eigenvalue weighted by Crippen LogP contribution is -2.25. The van der Waals surface area contributed by atoms with Crippen LogP contribution in [0.25, 0.3) is 0 Å². The summed E-state index contributed by atoms with van der Waals surface area (Å²) in [5.41, 5.74) is 2.52. The van der Waals surface area contributed by atoms with Gasteiger partial charge in [0.25, 0.3) is 5.91 Å². The van der Waals surface area contributed by atoms with Crippen LogP contribution in [0, 0.1) is 0 Å². The Bertz CT molecular complexity index is 851. The first kappa shape index (κ1) is 17.4. The van der Waals surface area contributed by atoms with E-state index < -0.39 is 0 Å². The van der Waals surface area contributed by atoms with Gasteiger partial charge in [-0.3, -0.25) is 9.78 Å². The third kappa shape index (κ3) is 4.80. The Labute approximate surface area is 152 Å². The number of aromatic nitrogens is 2. The Balaban J connectivity index is 1.55. The van der Waals surface area contributed by atoms with Crippen LogP contribution in [0.15, 0.2) is 67.1 Å². The van der Waals surface area contributed by atoms with Gasteiger partial charge in [-0.25, -0.2) is 4.98 Å². The van der Waals surface area contributed by atoms with Crippen molar-refractivity contribution >= 4 is 17.4 Å². The highest BCUT2D eigenvalue weighted by atomic mass is 16.5. The average Bonchev–Trinajstić information content (AvgIpc) is 2.69. The highest BCUT2D eigenvalue weighted by Gasteiger charge is 2.06. The summed E-state index contributed by atoms with van der Waals surface area (Å²) in [6, 6.07) is 15.1. The molecule has 0 aliphatic carbocycles. The van der Waals surface area contributed by atoms with Crippen molar-refractivity contribution in [3.05, 3.63) is 78.2 Å². The molecule has 0 aliphatic rings. The fourth-order valence-electron chi connectivity index (χ4n) is 2.46. The number of carbonyl (C=O) groups excluding carboxylic acids is 1. The van der Waals surface area contributed by atoms with E-state index in [2.05, 4.69) is 20.6 Å². The van der Waals surface area contributed by atoms with Crippen LogP contribution in [-0.2, 0) is 6.42 Å². The molecular weight excluding hydrogens is 328 g/mol. The molecular formula is C20H20N4O2. The van der Waals surface area contributed by atoms with Gasteiger partial charge < -0.3 is 15.4 Å². The monoisotopic (exact) mass is 348 g/mol. The van der Waals surface area contributed by atoms with Crippen LogP contribution >= 0.6 is 0 Å². The molecule has 0 atom stereocenters. The molecule has 1 aromatic heterocycles. The van der Waals surface area contributed by atoms with E-state index in [9.17, 15) is 4.79 Å². The molecule has 0 spiro atoms. The standard InChI is InChI=1S/C20H20N4O2/c1-26-18-7-5-15(6-8-18)9-10-23-20(25)16-3-2-4-17(13-16)24-19-14-21-11-12-22-19/h2-8,11-14H,9-10H2,1H3,(H,22,24)(H,23,25). The van der Waals surface area contributed by atoms with Gasteiger partial charge in [-0.15, -0.1) is 0 Å². The first-order chi connectivity index (χ1) is 12.7. The number of benzene rings is 2. The lowest BCUT2D eigenvalue weighted by atomic mass is 10.1. The van der Waals surface area contributed by atoms with E-state index in [4.69, 9.17) is 4.74 Å². The number of amides is 1. The Hall–Kier alpha value is -3.41. The van der Waals surface area contributed by atoms with Gasteiger partial charge in [0.1, 0.15) is 11.6 Å². The summed E-state index contributed by atoms with van der Waals surface area (Å²) in [7, 11) is 1.64. The minimum atomic E-state index is -0.110. The summed E-state index contributed by atoms with van der Waals surface area (Å²) in [6.07, 6.45) is 5.60. The number of nitrogens with one attached hydrogen (secondary N) is 2. The number of hydrogen-bond donors (Lipinski definition) is 2. The zero-order valence-corrected chi connectivity index (χ0v) is 14.5. The van der Waals surface area contributed by atoms with E-state index in [0.717, 1.165) is 23.4 Å². The molecule has 1 amide bonds. The number of ether oxygens (including phenoxy) is 1. The Kier molecular flexibility index (Phi) is 5.77. The van der Waals surface area contributed by atoms with Crippen molar-refractivity contribution in [3.8, 4) is 5.75 Å². The van der Waals surface area contributed by atoms with Gasteiger partial charge in [-0.1, -0.05) is 18.2 Å². The van der Waals surface area contributed by atoms with E-state index in [1.807, 2.05) is 36.4 Å². The van der Waals surface area contributed by atoms with Crippen LogP contribution in [0.1, 0.15) is 15.9 Å². The smallest absolute Gasteiger partial charge is 0.251 e. The number of nitrogens with zero attached hydrogens (tertiary/aromatic N) is 2. The molecule has 2 aromatic carbocycles. The maximum atomic E-state index is 12.4. The minimum Gasteiger partial charge on any atom is -0.497 e. The third-order valence-corrected chi connectivity index (χ3v) is 3.82. The largest absolute Gasteiger partial charge is 0.497 e. The number of rotatable bonds is 7. The van der Waals surface area contributed by atoms with Gasteiger partial charge in [0.05, 0.1) is 13.3 Å². The second kappa shape index (κ2) is 8.62. The van der Waals surface area contributed by atoms with Gasteiger partial charge in [0.15, 0.2) is 0 Å². The Morgan fingerprint density at radius 3 is 2.69 bits per heavy atom. The summed E-state index contributed by atoms with van der Waals surface area (Å²) in [6.45, 7) is 0.562. The lowest BCUT2D eigenvalue weighted by molar-refractivity contribution is 0.0954. The third-order valence-electron chi connectivity index (χ3n) is 3.82. The fraction of sp³-hybridized carbons (Fsp3) is 0.150. The number of hydrogen-bond acceptors (Lipinski definition) is 5. The SMILES string of the molecule is COc1ccc(CCNC(=O)c2cccc(Nc3cnccn3)c2)cc1. The minimum absolute atomic E-state index is 0.110. The Morgan fingerprint density at radius 1 is 1.12 bits per heavy atom. The van der Waals surface area contributed by atoms with Crippen LogP contribution in [0.4, 0.5) is 11.5 Å². The van der Waals surface area contributed by atoms with E-state index in [-0.39, 0.29) is 5.91 Å². The summed E-state index contributed by atoms with van der Waals surface area (Å²) in [5, 5.41) is 6.07. The molecule has 2 N–H and O–H groups in total. The summed E-state index contributed by atoms with van der Waals surface area (Å²) >= 11 is 0. The number of methoxy groups -OCH3 is 1. The zero-order valence-electron chi connectivity index (χ0n) is 14.5. The first-order valence-electron chi connectivity index (χ1n) is 8.29. The van der Waals surface area contributed by atoms with E-state index in [1.54, 1.807) is 37.8 Å². The molecule has 26 heavy (non-hydrogen) atoms. The van der Waals surface area contributed by atoms with Crippen LogP contribution in [0.2, 0.25) is 0 Å². The molecule has 6 heteroatoms. The van der Waals surface area contributed by atoms with Gasteiger partial charge in [0, 0.05) is 30.2 Å². The molecule has 0 saturated carbocycles. The summed E-state index contributed by atoms with van der Waals surface area (Å²) in [4.78, 5) is 20.5. The first-order valence-corrected chi connectivity index (χ1v) is 8.29. The van der Waals surface area contributed by atoms with Crippen molar-refractivity contribution < 1.29 is 9.53 Å².